The van der Waals surface area contributed by atoms with Gasteiger partial charge < -0.3 is 10.1 Å². The fraction of sp³-hybridized carbons (Fsp3) is 0.333. The Labute approximate surface area is 117 Å². The van der Waals surface area contributed by atoms with Gasteiger partial charge >= 0.3 is 5.97 Å². The van der Waals surface area contributed by atoms with Gasteiger partial charge in [0, 0.05) is 17.4 Å². The van der Waals surface area contributed by atoms with Crippen LogP contribution in [0, 0.1) is 0 Å². The molecule has 0 fully saturated rings. The molecule has 0 saturated heterocycles. The van der Waals surface area contributed by atoms with Crippen LogP contribution in [0.2, 0.25) is 0 Å². The van der Waals surface area contributed by atoms with Crippen molar-refractivity contribution in [3.05, 3.63) is 36.5 Å². The van der Waals surface area contributed by atoms with Gasteiger partial charge in [-0.2, -0.15) is 5.10 Å². The Kier molecular flexibility index (Phi) is 2.97. The zero-order valence-corrected chi connectivity index (χ0v) is 11.6. The molecule has 1 aromatic heterocycles. The summed E-state index contributed by atoms with van der Waals surface area (Å²) in [6.07, 6.45) is 1.98. The van der Waals surface area contributed by atoms with Crippen LogP contribution in [0.3, 0.4) is 0 Å². The molecule has 1 N–H and O–H groups in total. The Balaban J connectivity index is 2.02. The van der Waals surface area contributed by atoms with E-state index in [2.05, 4.69) is 10.4 Å². The third-order valence-electron chi connectivity index (χ3n) is 3.51. The Hall–Kier alpha value is -2.30. The number of rotatable bonds is 3. The van der Waals surface area contributed by atoms with Crippen LogP contribution in [0.1, 0.15) is 20.3 Å². The van der Waals surface area contributed by atoms with E-state index in [-0.39, 0.29) is 12.4 Å². The van der Waals surface area contributed by atoms with Gasteiger partial charge in [0.25, 0.3) is 0 Å². The predicted octanol–water partition coefficient (Wildman–Crippen LogP) is 2.60. The summed E-state index contributed by atoms with van der Waals surface area (Å²) in [5.74, 6) is -0.233. The first-order valence-corrected chi connectivity index (χ1v) is 6.72. The van der Waals surface area contributed by atoms with Crippen molar-refractivity contribution in [3.8, 4) is 11.3 Å². The lowest BCUT2D eigenvalue weighted by Crippen LogP contribution is -2.44. The largest absolute Gasteiger partial charge is 0.466 e. The van der Waals surface area contributed by atoms with Crippen molar-refractivity contribution < 1.29 is 9.53 Å². The molecule has 20 heavy (non-hydrogen) atoms. The van der Waals surface area contributed by atoms with Gasteiger partial charge in [0.15, 0.2) is 0 Å². The van der Waals surface area contributed by atoms with Gasteiger partial charge in [-0.15, -0.1) is 0 Å². The molecule has 3 rings (SSSR count). The van der Waals surface area contributed by atoms with E-state index in [4.69, 9.17) is 4.74 Å². The second-order valence-electron chi connectivity index (χ2n) is 5.05. The molecule has 0 radical (unpaired) electrons. The van der Waals surface area contributed by atoms with E-state index in [1.807, 2.05) is 48.9 Å². The van der Waals surface area contributed by atoms with Crippen LogP contribution in [0.25, 0.3) is 11.3 Å². The van der Waals surface area contributed by atoms with Crippen LogP contribution >= 0.6 is 0 Å². The van der Waals surface area contributed by atoms with Crippen molar-refractivity contribution in [3.63, 3.8) is 0 Å². The highest BCUT2D eigenvalue weighted by Crippen LogP contribution is 2.39. The summed E-state index contributed by atoms with van der Waals surface area (Å²) in [5, 5.41) is 7.77. The Morgan fingerprint density at radius 1 is 1.40 bits per heavy atom. The van der Waals surface area contributed by atoms with Gasteiger partial charge in [-0.25, -0.2) is 4.68 Å². The lowest BCUT2D eigenvalue weighted by Gasteiger charge is -2.37. The predicted molar refractivity (Wildman–Crippen MR) is 76.2 cm³/mol. The van der Waals surface area contributed by atoms with E-state index in [1.165, 1.54) is 0 Å². The maximum atomic E-state index is 11.9. The van der Waals surface area contributed by atoms with E-state index >= 15 is 0 Å². The van der Waals surface area contributed by atoms with Crippen molar-refractivity contribution >= 4 is 11.7 Å². The van der Waals surface area contributed by atoms with Crippen molar-refractivity contribution in [2.24, 2.45) is 0 Å². The lowest BCUT2D eigenvalue weighted by atomic mass is 10.00. The number of fused-ring (bicyclic) bond motifs is 3. The fourth-order valence-electron chi connectivity index (χ4n) is 2.67. The molecule has 1 aliphatic rings. The number of nitrogens with zero attached hydrogens (tertiary/aromatic N) is 2. The number of nitrogens with one attached hydrogen (secondary N) is 1. The number of carbonyl (C=O) groups is 1. The summed E-state index contributed by atoms with van der Waals surface area (Å²) in [5.41, 5.74) is 2.49. The smallest absolute Gasteiger partial charge is 0.310 e. The minimum absolute atomic E-state index is 0.226. The highest BCUT2D eigenvalue weighted by Gasteiger charge is 2.37. The summed E-state index contributed by atoms with van der Waals surface area (Å²) < 4.78 is 6.92. The van der Waals surface area contributed by atoms with Crippen LogP contribution in [-0.2, 0) is 15.2 Å². The van der Waals surface area contributed by atoms with Gasteiger partial charge in [0.2, 0.25) is 0 Å². The number of anilines is 1. The van der Waals surface area contributed by atoms with Crippen molar-refractivity contribution in [2.45, 2.75) is 25.9 Å². The number of aromatic nitrogens is 2. The van der Waals surface area contributed by atoms with Crippen molar-refractivity contribution in [1.29, 1.82) is 0 Å². The van der Waals surface area contributed by atoms with Gasteiger partial charge in [-0.1, -0.05) is 18.2 Å². The first-order chi connectivity index (χ1) is 9.64. The molecule has 1 unspecified atom stereocenters. The maximum Gasteiger partial charge on any atom is 0.310 e. The van der Waals surface area contributed by atoms with Crippen LogP contribution in [0.15, 0.2) is 36.5 Å². The molecular weight excluding hydrogens is 254 g/mol. The summed E-state index contributed by atoms with van der Waals surface area (Å²) in [7, 11) is 0. The number of hydrogen-bond acceptors (Lipinski definition) is 4. The monoisotopic (exact) mass is 271 g/mol. The van der Waals surface area contributed by atoms with Crippen LogP contribution in [-0.4, -0.2) is 22.4 Å². The third-order valence-corrected chi connectivity index (χ3v) is 3.51. The average molecular weight is 271 g/mol. The zero-order valence-electron chi connectivity index (χ0n) is 11.6. The van der Waals surface area contributed by atoms with E-state index < -0.39 is 5.66 Å². The normalized spacial score (nSPS) is 19.7. The first kappa shape index (κ1) is 12.7. The molecule has 0 aliphatic carbocycles. The van der Waals surface area contributed by atoms with Crippen molar-refractivity contribution in [2.75, 3.05) is 11.9 Å². The van der Waals surface area contributed by atoms with Crippen LogP contribution in [0.5, 0.6) is 0 Å². The quantitative estimate of drug-likeness (QED) is 0.872. The number of hydrogen-bond donors (Lipinski definition) is 1. The molecular formula is C15H17N3O2. The number of carbonyl (C=O) groups excluding carboxylic acids is 1. The lowest BCUT2D eigenvalue weighted by molar-refractivity contribution is -0.145. The summed E-state index contributed by atoms with van der Waals surface area (Å²) in [4.78, 5) is 11.9. The molecule has 1 aliphatic heterocycles. The number of ether oxygens (including phenoxy) is 1. The minimum Gasteiger partial charge on any atom is -0.466 e. The Bertz CT molecular complexity index is 650. The van der Waals surface area contributed by atoms with Gasteiger partial charge in [0.05, 0.1) is 18.7 Å². The molecule has 0 bridgehead atoms. The minimum atomic E-state index is -0.612. The standard InChI is InChI=1S/C15H17N3O2/c1-3-20-14(19)10-15(2)17-12-7-5-4-6-11(12)13-8-9-16-18(13)15/h4-9,17H,3,10H2,1-2H3. The fourth-order valence-corrected chi connectivity index (χ4v) is 2.67. The number of benzene rings is 1. The van der Waals surface area contributed by atoms with E-state index in [1.54, 1.807) is 6.20 Å². The second kappa shape index (κ2) is 4.67. The van der Waals surface area contributed by atoms with E-state index in [0.29, 0.717) is 6.61 Å². The van der Waals surface area contributed by atoms with E-state index in [9.17, 15) is 4.79 Å². The third kappa shape index (κ3) is 1.95. The SMILES string of the molecule is CCOC(=O)CC1(C)Nc2ccccc2-c2ccnn21. The maximum absolute atomic E-state index is 11.9. The highest BCUT2D eigenvalue weighted by atomic mass is 16.5. The molecule has 2 aromatic rings. The Morgan fingerprint density at radius 3 is 3.00 bits per heavy atom. The molecule has 0 spiro atoms. The van der Waals surface area contributed by atoms with Crippen molar-refractivity contribution in [1.82, 2.24) is 9.78 Å². The van der Waals surface area contributed by atoms with Crippen LogP contribution < -0.4 is 5.32 Å². The molecule has 2 heterocycles. The zero-order chi connectivity index (χ0) is 14.2. The molecule has 1 atom stereocenters. The van der Waals surface area contributed by atoms with Gasteiger partial charge in [-0.3, -0.25) is 4.79 Å². The number of para-hydroxylation sites is 1. The van der Waals surface area contributed by atoms with Gasteiger partial charge in [-0.05, 0) is 26.0 Å². The van der Waals surface area contributed by atoms with Gasteiger partial charge in [0.1, 0.15) is 5.66 Å². The second-order valence-corrected chi connectivity index (χ2v) is 5.05. The van der Waals surface area contributed by atoms with E-state index in [0.717, 1.165) is 16.9 Å². The molecule has 5 heteroatoms. The summed E-state index contributed by atoms with van der Waals surface area (Å²) >= 11 is 0. The molecule has 5 nitrogen and oxygen atoms in total. The average Bonchev–Trinajstić information content (AvgIpc) is 2.89. The number of esters is 1. The Morgan fingerprint density at radius 2 is 2.20 bits per heavy atom. The highest BCUT2D eigenvalue weighted by molar-refractivity contribution is 5.80. The first-order valence-electron chi connectivity index (χ1n) is 6.72. The molecule has 0 saturated carbocycles. The molecule has 104 valence electrons. The molecule has 0 amide bonds. The molecule has 1 aromatic carbocycles. The summed E-state index contributed by atoms with van der Waals surface area (Å²) in [6.45, 7) is 4.15. The summed E-state index contributed by atoms with van der Waals surface area (Å²) in [6, 6.07) is 9.98. The topological polar surface area (TPSA) is 56.1 Å². The van der Waals surface area contributed by atoms with Crippen LogP contribution in [0.4, 0.5) is 5.69 Å².